The summed E-state index contributed by atoms with van der Waals surface area (Å²) in [6, 6.07) is 15.1. The van der Waals surface area contributed by atoms with Gasteiger partial charge in [-0.1, -0.05) is 29.7 Å². The van der Waals surface area contributed by atoms with Crippen LogP contribution < -0.4 is 15.5 Å². The number of piperazine rings is 1. The molecule has 200 valence electrons. The van der Waals surface area contributed by atoms with Crippen molar-refractivity contribution in [2.75, 3.05) is 54.9 Å². The molecule has 0 unspecified atom stereocenters. The number of fused-ring (bicyclic) bond motifs is 1. The van der Waals surface area contributed by atoms with Gasteiger partial charge in [0.25, 0.3) is 0 Å². The highest BCUT2D eigenvalue weighted by Gasteiger charge is 2.22. The summed E-state index contributed by atoms with van der Waals surface area (Å²) in [6.07, 6.45) is 1.76. The van der Waals surface area contributed by atoms with E-state index >= 15 is 0 Å². The molecular formula is C29H31FN8O. The highest BCUT2D eigenvalue weighted by Crippen LogP contribution is 2.27. The first-order valence-corrected chi connectivity index (χ1v) is 13.1. The Morgan fingerprint density at radius 3 is 2.56 bits per heavy atom. The number of benzene rings is 2. The number of anilines is 4. The molecule has 1 saturated heterocycles. The molecule has 0 radical (unpaired) electrons. The molecule has 2 aromatic carbocycles. The molecule has 5 rings (SSSR count). The molecule has 1 amide bonds. The molecule has 0 atom stereocenters. The lowest BCUT2D eigenvalue weighted by atomic mass is 10.1. The topological polar surface area (TPSA) is 91.2 Å². The lowest BCUT2D eigenvalue weighted by molar-refractivity contribution is -0.111. The second kappa shape index (κ2) is 11.9. The molecule has 1 fully saturated rings. The Labute approximate surface area is 227 Å². The van der Waals surface area contributed by atoms with E-state index in [9.17, 15) is 9.18 Å². The van der Waals surface area contributed by atoms with Crippen molar-refractivity contribution < 1.29 is 9.18 Å². The third-order valence-corrected chi connectivity index (χ3v) is 6.60. The van der Waals surface area contributed by atoms with Crippen molar-refractivity contribution in [3.05, 3.63) is 66.0 Å². The lowest BCUT2D eigenvalue weighted by Gasteiger charge is -2.34. The maximum Gasteiger partial charge on any atom is 0.300 e. The molecule has 2 N–H and O–H groups in total. The van der Waals surface area contributed by atoms with Gasteiger partial charge in [0.2, 0.25) is 5.95 Å². The number of carbonyl (C=O) groups is 1. The highest BCUT2D eigenvalue weighted by atomic mass is 19.1. The molecule has 2 aromatic heterocycles. The quantitative estimate of drug-likeness (QED) is 0.352. The van der Waals surface area contributed by atoms with E-state index < -0.39 is 5.91 Å². The van der Waals surface area contributed by atoms with Gasteiger partial charge >= 0.3 is 5.91 Å². The first kappa shape index (κ1) is 26.1. The molecule has 4 aromatic rings. The Morgan fingerprint density at radius 1 is 1.05 bits per heavy atom. The van der Waals surface area contributed by atoms with Crippen LogP contribution in [0.3, 0.4) is 0 Å². The van der Waals surface area contributed by atoms with Crippen molar-refractivity contribution in [2.24, 2.45) is 0 Å². The predicted molar refractivity (Wildman–Crippen MR) is 152 cm³/mol. The zero-order valence-corrected chi connectivity index (χ0v) is 22.1. The number of nitrogens with one attached hydrogen (secondary N) is 2. The largest absolute Gasteiger partial charge is 0.338 e. The van der Waals surface area contributed by atoms with Crippen LogP contribution in [0.5, 0.6) is 0 Å². The number of hydrogen-bond donors (Lipinski definition) is 2. The standard InChI is InChI=1S/C29H31FN8O/c1-3-37-20-31-26-27(34-29(35-28(26)37)38-17-15-36(14-13-30)16-18-38)33-24-6-4-5-23(19-24)32-25(39)12-11-22-9-7-21(2)8-10-22/h4-10,19-20H,3,13-18H2,1-2H3,(H,32,39)(H,33,34,35). The van der Waals surface area contributed by atoms with Crippen LogP contribution in [0.15, 0.2) is 54.9 Å². The van der Waals surface area contributed by atoms with Crippen molar-refractivity contribution in [2.45, 2.75) is 20.4 Å². The summed E-state index contributed by atoms with van der Waals surface area (Å²) in [5, 5.41) is 6.20. The maximum absolute atomic E-state index is 12.8. The average Bonchev–Trinajstić information content (AvgIpc) is 3.37. The van der Waals surface area contributed by atoms with Crippen molar-refractivity contribution in [1.29, 1.82) is 0 Å². The molecule has 9 nitrogen and oxygen atoms in total. The average molecular weight is 527 g/mol. The highest BCUT2D eigenvalue weighted by molar-refractivity contribution is 6.04. The molecular weight excluding hydrogens is 495 g/mol. The molecule has 0 bridgehead atoms. The summed E-state index contributed by atoms with van der Waals surface area (Å²) in [7, 11) is 0. The first-order chi connectivity index (χ1) is 19.0. The van der Waals surface area contributed by atoms with Gasteiger partial charge in [-0.25, -0.2) is 9.37 Å². The number of hydrogen-bond acceptors (Lipinski definition) is 7. The zero-order valence-electron chi connectivity index (χ0n) is 22.1. The van der Waals surface area contributed by atoms with E-state index in [2.05, 4.69) is 37.3 Å². The minimum atomic E-state index is -0.395. The molecule has 1 aliphatic heterocycles. The summed E-state index contributed by atoms with van der Waals surface area (Å²) < 4.78 is 14.8. The minimum absolute atomic E-state index is 0.342. The van der Waals surface area contributed by atoms with Crippen LogP contribution >= 0.6 is 0 Å². The molecule has 0 saturated carbocycles. The number of aromatic nitrogens is 4. The molecule has 0 aliphatic carbocycles. The zero-order chi connectivity index (χ0) is 27.2. The summed E-state index contributed by atoms with van der Waals surface area (Å²) in [4.78, 5) is 30.9. The van der Waals surface area contributed by atoms with Gasteiger partial charge in [0.1, 0.15) is 6.67 Å². The normalized spacial score (nSPS) is 13.7. The van der Waals surface area contributed by atoms with Crippen LogP contribution in [0, 0.1) is 18.8 Å². The van der Waals surface area contributed by atoms with Crippen LogP contribution in [0.2, 0.25) is 0 Å². The van der Waals surface area contributed by atoms with Gasteiger partial charge < -0.3 is 20.1 Å². The van der Waals surface area contributed by atoms with Crippen molar-refractivity contribution in [1.82, 2.24) is 24.4 Å². The van der Waals surface area contributed by atoms with Crippen LogP contribution in [0.4, 0.5) is 27.5 Å². The molecule has 0 spiro atoms. The monoisotopic (exact) mass is 526 g/mol. The Balaban J connectivity index is 1.35. The van der Waals surface area contributed by atoms with Gasteiger partial charge in [0.05, 0.1) is 6.33 Å². The summed E-state index contributed by atoms with van der Waals surface area (Å²) in [5.74, 6) is 6.32. The van der Waals surface area contributed by atoms with Gasteiger partial charge in [-0.15, -0.1) is 0 Å². The third-order valence-electron chi connectivity index (χ3n) is 6.60. The fourth-order valence-corrected chi connectivity index (χ4v) is 4.42. The van der Waals surface area contributed by atoms with Crippen LogP contribution in [-0.2, 0) is 11.3 Å². The second-order valence-corrected chi connectivity index (χ2v) is 9.37. The number of alkyl halides is 1. The maximum atomic E-state index is 12.8. The van der Waals surface area contributed by atoms with Crippen molar-refractivity contribution in [3.8, 4) is 11.8 Å². The van der Waals surface area contributed by atoms with E-state index in [-0.39, 0.29) is 6.67 Å². The number of imidazole rings is 1. The fraction of sp³-hybridized carbons (Fsp3) is 0.310. The summed E-state index contributed by atoms with van der Waals surface area (Å²) >= 11 is 0. The van der Waals surface area contributed by atoms with Gasteiger partial charge in [-0.2, -0.15) is 9.97 Å². The Morgan fingerprint density at radius 2 is 1.82 bits per heavy atom. The molecule has 10 heteroatoms. The first-order valence-electron chi connectivity index (χ1n) is 13.1. The minimum Gasteiger partial charge on any atom is -0.338 e. The van der Waals surface area contributed by atoms with E-state index in [1.165, 1.54) is 0 Å². The summed E-state index contributed by atoms with van der Waals surface area (Å²) in [5.41, 5.74) is 4.67. The van der Waals surface area contributed by atoms with Crippen molar-refractivity contribution >= 4 is 40.2 Å². The van der Waals surface area contributed by atoms with E-state index in [1.54, 1.807) is 12.4 Å². The van der Waals surface area contributed by atoms with E-state index in [4.69, 9.17) is 9.97 Å². The number of aryl methyl sites for hydroxylation is 2. The van der Waals surface area contributed by atoms with Gasteiger partial charge in [-0.05, 0) is 44.2 Å². The predicted octanol–water partition coefficient (Wildman–Crippen LogP) is 3.98. The summed E-state index contributed by atoms with van der Waals surface area (Å²) in [6.45, 7) is 7.84. The SMILES string of the molecule is CCn1cnc2c(Nc3cccc(NC(=O)C#Cc4ccc(C)cc4)c3)nc(N3CCN(CCF)CC3)nc21. The Hall–Kier alpha value is -4.49. The second-order valence-electron chi connectivity index (χ2n) is 9.37. The van der Waals surface area contributed by atoms with Gasteiger partial charge in [-0.3, -0.25) is 9.69 Å². The molecule has 3 heterocycles. The van der Waals surface area contributed by atoms with Crippen LogP contribution in [0.25, 0.3) is 11.2 Å². The van der Waals surface area contributed by atoms with E-state index in [1.807, 2.05) is 60.9 Å². The lowest BCUT2D eigenvalue weighted by Crippen LogP contribution is -2.47. The number of carbonyl (C=O) groups excluding carboxylic acids is 1. The number of rotatable bonds is 7. The fourth-order valence-electron chi connectivity index (χ4n) is 4.42. The molecule has 39 heavy (non-hydrogen) atoms. The number of amides is 1. The van der Waals surface area contributed by atoms with Gasteiger partial charge in [0, 0.05) is 62.1 Å². The van der Waals surface area contributed by atoms with Crippen LogP contribution in [0.1, 0.15) is 18.1 Å². The van der Waals surface area contributed by atoms with Crippen LogP contribution in [-0.4, -0.2) is 69.7 Å². The Kier molecular flexibility index (Phi) is 7.99. The molecule has 1 aliphatic rings. The number of halogens is 1. The van der Waals surface area contributed by atoms with E-state index in [0.717, 1.165) is 55.2 Å². The smallest absolute Gasteiger partial charge is 0.300 e. The van der Waals surface area contributed by atoms with Crippen molar-refractivity contribution in [3.63, 3.8) is 0 Å². The third kappa shape index (κ3) is 6.33. The van der Waals surface area contributed by atoms with E-state index in [0.29, 0.717) is 29.5 Å². The number of nitrogens with zero attached hydrogens (tertiary/aromatic N) is 6. The van der Waals surface area contributed by atoms with Gasteiger partial charge in [0.15, 0.2) is 17.0 Å². The Bertz CT molecular complexity index is 1510.